The van der Waals surface area contributed by atoms with Gasteiger partial charge in [-0.1, -0.05) is 48.5 Å². The maximum absolute atomic E-state index is 11.4. The van der Waals surface area contributed by atoms with Crippen molar-refractivity contribution in [1.29, 1.82) is 0 Å². The largest absolute Gasteiger partial charge is 0.369 e. The van der Waals surface area contributed by atoms with Crippen LogP contribution >= 0.6 is 0 Å². The standard InChI is InChI=1S/C16H17NO/c1-2-6-14(16(17)18)11-13-9-5-8-12-7-3-4-10-15(12)13/h2-5,7-10,14H,1,6,11H2,(H2,17,18)/t14-/m0/s1. The summed E-state index contributed by atoms with van der Waals surface area (Å²) in [4.78, 5) is 11.4. The van der Waals surface area contributed by atoms with Crippen LogP contribution in [0.1, 0.15) is 12.0 Å². The summed E-state index contributed by atoms with van der Waals surface area (Å²) in [5, 5.41) is 2.38. The van der Waals surface area contributed by atoms with Gasteiger partial charge in [0.15, 0.2) is 0 Å². The summed E-state index contributed by atoms with van der Waals surface area (Å²) >= 11 is 0. The molecule has 92 valence electrons. The zero-order chi connectivity index (χ0) is 13.0. The highest BCUT2D eigenvalue weighted by Gasteiger charge is 2.15. The number of carbonyl (C=O) groups is 1. The Morgan fingerprint density at radius 2 is 1.94 bits per heavy atom. The fourth-order valence-electron chi connectivity index (χ4n) is 2.24. The number of carbonyl (C=O) groups excluding carboxylic acids is 1. The van der Waals surface area contributed by atoms with Gasteiger partial charge in [0, 0.05) is 5.92 Å². The number of hydrogen-bond acceptors (Lipinski definition) is 1. The van der Waals surface area contributed by atoms with E-state index in [4.69, 9.17) is 5.73 Å². The molecule has 0 aliphatic heterocycles. The van der Waals surface area contributed by atoms with Crippen LogP contribution in [-0.2, 0) is 11.2 Å². The van der Waals surface area contributed by atoms with Crippen molar-refractivity contribution in [1.82, 2.24) is 0 Å². The number of primary amides is 1. The number of benzene rings is 2. The Balaban J connectivity index is 2.36. The van der Waals surface area contributed by atoms with Crippen LogP contribution in [0.15, 0.2) is 55.1 Å². The molecular weight excluding hydrogens is 222 g/mol. The third kappa shape index (κ3) is 2.59. The summed E-state index contributed by atoms with van der Waals surface area (Å²) in [7, 11) is 0. The van der Waals surface area contributed by atoms with Crippen LogP contribution in [0.3, 0.4) is 0 Å². The average molecular weight is 239 g/mol. The highest BCUT2D eigenvalue weighted by molar-refractivity contribution is 5.86. The molecule has 18 heavy (non-hydrogen) atoms. The Labute approximate surface area is 107 Å². The van der Waals surface area contributed by atoms with E-state index < -0.39 is 0 Å². The highest BCUT2D eigenvalue weighted by atomic mass is 16.1. The van der Waals surface area contributed by atoms with E-state index in [1.165, 1.54) is 16.3 Å². The Morgan fingerprint density at radius 3 is 2.67 bits per heavy atom. The van der Waals surface area contributed by atoms with Crippen LogP contribution in [0.5, 0.6) is 0 Å². The van der Waals surface area contributed by atoms with Crippen molar-refractivity contribution < 1.29 is 4.79 Å². The predicted octanol–water partition coefficient (Wildman–Crippen LogP) is 3.06. The first-order chi connectivity index (χ1) is 8.72. The van der Waals surface area contributed by atoms with Crippen LogP contribution in [0.25, 0.3) is 10.8 Å². The first-order valence-corrected chi connectivity index (χ1v) is 6.09. The molecule has 2 heteroatoms. The summed E-state index contributed by atoms with van der Waals surface area (Å²) in [5.74, 6) is -0.434. The molecule has 2 N–H and O–H groups in total. The minimum absolute atomic E-state index is 0.173. The minimum atomic E-state index is -0.261. The van der Waals surface area contributed by atoms with Crippen LogP contribution in [0.2, 0.25) is 0 Å². The van der Waals surface area contributed by atoms with E-state index in [2.05, 4.69) is 30.8 Å². The third-order valence-corrected chi connectivity index (χ3v) is 3.20. The molecule has 0 bridgehead atoms. The van der Waals surface area contributed by atoms with Crippen molar-refractivity contribution in [3.05, 3.63) is 60.7 Å². The van der Waals surface area contributed by atoms with E-state index in [1.54, 1.807) is 6.08 Å². The molecule has 2 rings (SSSR count). The molecule has 0 spiro atoms. The van der Waals surface area contributed by atoms with E-state index in [-0.39, 0.29) is 11.8 Å². The van der Waals surface area contributed by atoms with Crippen molar-refractivity contribution in [3.63, 3.8) is 0 Å². The molecule has 0 heterocycles. The fraction of sp³-hybridized carbons (Fsp3) is 0.188. The molecule has 0 saturated carbocycles. The van der Waals surface area contributed by atoms with Crippen molar-refractivity contribution in [3.8, 4) is 0 Å². The van der Waals surface area contributed by atoms with Crippen molar-refractivity contribution in [2.45, 2.75) is 12.8 Å². The van der Waals surface area contributed by atoms with Crippen LogP contribution in [0, 0.1) is 5.92 Å². The van der Waals surface area contributed by atoms with Gasteiger partial charge >= 0.3 is 0 Å². The van der Waals surface area contributed by atoms with Crippen LogP contribution < -0.4 is 5.73 Å². The number of fused-ring (bicyclic) bond motifs is 1. The van der Waals surface area contributed by atoms with E-state index in [0.29, 0.717) is 12.8 Å². The highest BCUT2D eigenvalue weighted by Crippen LogP contribution is 2.22. The van der Waals surface area contributed by atoms with Crippen LogP contribution in [-0.4, -0.2) is 5.91 Å². The third-order valence-electron chi connectivity index (χ3n) is 3.20. The molecule has 0 aliphatic carbocycles. The number of nitrogens with two attached hydrogens (primary N) is 1. The first-order valence-electron chi connectivity index (χ1n) is 6.09. The summed E-state index contributed by atoms with van der Waals surface area (Å²) in [6, 6.07) is 14.3. The van der Waals surface area contributed by atoms with Gasteiger partial charge in [-0.2, -0.15) is 0 Å². The van der Waals surface area contributed by atoms with Gasteiger partial charge in [-0.15, -0.1) is 6.58 Å². The van der Waals surface area contributed by atoms with Crippen molar-refractivity contribution >= 4 is 16.7 Å². The van der Waals surface area contributed by atoms with Gasteiger partial charge < -0.3 is 5.73 Å². The topological polar surface area (TPSA) is 43.1 Å². The number of rotatable bonds is 5. The van der Waals surface area contributed by atoms with Gasteiger partial charge in [0.25, 0.3) is 0 Å². The summed E-state index contributed by atoms with van der Waals surface area (Å²) in [6.45, 7) is 3.68. The lowest BCUT2D eigenvalue weighted by molar-refractivity contribution is -0.121. The van der Waals surface area contributed by atoms with Gasteiger partial charge in [-0.05, 0) is 29.2 Å². The minimum Gasteiger partial charge on any atom is -0.369 e. The van der Waals surface area contributed by atoms with Gasteiger partial charge in [-0.25, -0.2) is 0 Å². The molecule has 0 unspecified atom stereocenters. The van der Waals surface area contributed by atoms with Gasteiger partial charge in [0.05, 0.1) is 0 Å². The molecule has 2 aromatic carbocycles. The van der Waals surface area contributed by atoms with E-state index in [0.717, 1.165) is 0 Å². The lowest BCUT2D eigenvalue weighted by Crippen LogP contribution is -2.24. The predicted molar refractivity (Wildman–Crippen MR) is 75.2 cm³/mol. The molecular formula is C16H17NO. The summed E-state index contributed by atoms with van der Waals surface area (Å²) < 4.78 is 0. The monoisotopic (exact) mass is 239 g/mol. The van der Waals surface area contributed by atoms with Gasteiger partial charge in [0.2, 0.25) is 5.91 Å². The maximum Gasteiger partial charge on any atom is 0.221 e. The summed E-state index contributed by atoms with van der Waals surface area (Å²) in [5.41, 5.74) is 6.59. The Hall–Kier alpha value is -2.09. The second-order valence-corrected chi connectivity index (χ2v) is 4.47. The first kappa shape index (κ1) is 12.4. The molecule has 0 saturated heterocycles. The SMILES string of the molecule is C=CC[C@@H](Cc1cccc2ccccc12)C(N)=O. The Kier molecular flexibility index (Phi) is 3.78. The van der Waals surface area contributed by atoms with E-state index in [9.17, 15) is 4.79 Å². The van der Waals surface area contributed by atoms with E-state index >= 15 is 0 Å². The van der Waals surface area contributed by atoms with Crippen LogP contribution in [0.4, 0.5) is 0 Å². The molecule has 2 aromatic rings. The zero-order valence-electron chi connectivity index (χ0n) is 10.3. The molecule has 1 amide bonds. The molecule has 0 aliphatic rings. The van der Waals surface area contributed by atoms with E-state index in [1.807, 2.05) is 18.2 Å². The van der Waals surface area contributed by atoms with Crippen molar-refractivity contribution in [2.75, 3.05) is 0 Å². The lowest BCUT2D eigenvalue weighted by Gasteiger charge is -2.13. The number of hydrogen-bond donors (Lipinski definition) is 1. The second kappa shape index (κ2) is 5.50. The fourth-order valence-corrected chi connectivity index (χ4v) is 2.24. The molecule has 2 nitrogen and oxygen atoms in total. The average Bonchev–Trinajstić information content (AvgIpc) is 2.38. The molecule has 1 atom stereocenters. The molecule has 0 fully saturated rings. The normalized spacial score (nSPS) is 12.2. The maximum atomic E-state index is 11.4. The van der Waals surface area contributed by atoms with Gasteiger partial charge in [0.1, 0.15) is 0 Å². The Morgan fingerprint density at radius 1 is 1.22 bits per heavy atom. The number of amides is 1. The van der Waals surface area contributed by atoms with Crippen molar-refractivity contribution in [2.24, 2.45) is 11.7 Å². The molecule has 0 radical (unpaired) electrons. The molecule has 0 aromatic heterocycles. The second-order valence-electron chi connectivity index (χ2n) is 4.47. The number of allylic oxidation sites excluding steroid dienone is 1. The summed E-state index contributed by atoms with van der Waals surface area (Å²) in [6.07, 6.45) is 3.04. The smallest absolute Gasteiger partial charge is 0.221 e. The van der Waals surface area contributed by atoms with Gasteiger partial charge in [-0.3, -0.25) is 4.79 Å². The lowest BCUT2D eigenvalue weighted by atomic mass is 9.92. The zero-order valence-corrected chi connectivity index (χ0v) is 10.3. The Bertz CT molecular complexity index is 569. The quantitative estimate of drug-likeness (QED) is 0.801.